The van der Waals surface area contributed by atoms with Crippen LogP contribution in [0.3, 0.4) is 0 Å². The van der Waals surface area contributed by atoms with E-state index >= 15 is 4.79 Å². The van der Waals surface area contributed by atoms with Gasteiger partial charge in [-0.1, -0.05) is 72.8 Å². The van der Waals surface area contributed by atoms with Gasteiger partial charge in [-0.25, -0.2) is 0 Å². The lowest BCUT2D eigenvalue weighted by Crippen LogP contribution is -2.59. The van der Waals surface area contributed by atoms with Crippen LogP contribution in [0, 0.1) is 0 Å². The first-order valence-corrected chi connectivity index (χ1v) is 17.3. The van der Waals surface area contributed by atoms with E-state index in [1.54, 1.807) is 24.3 Å². The van der Waals surface area contributed by atoms with Crippen molar-refractivity contribution in [2.45, 2.75) is 63.6 Å². The molecule has 0 aliphatic carbocycles. The Morgan fingerprint density at radius 3 is 1.40 bits per heavy atom. The lowest BCUT2D eigenvalue weighted by molar-refractivity contribution is -0.275. The maximum atomic E-state index is 15.1. The number of carbonyl (C=O) groups is 1. The summed E-state index contributed by atoms with van der Waals surface area (Å²) in [4.78, 5) is 19.3. The van der Waals surface area contributed by atoms with Crippen molar-refractivity contribution in [2.75, 3.05) is 36.0 Å². The number of ether oxygens (including phenoxy) is 2. The van der Waals surface area contributed by atoms with Crippen molar-refractivity contribution in [2.24, 2.45) is 0 Å². The molecule has 2 aliphatic heterocycles. The van der Waals surface area contributed by atoms with Crippen LogP contribution in [0.1, 0.15) is 35.1 Å². The Kier molecular flexibility index (Phi) is 11.6. The van der Waals surface area contributed by atoms with Crippen molar-refractivity contribution in [3.05, 3.63) is 119 Å². The SMILES string of the molecule is O=C(C(CNCc1ccccc1OC(F)(F)F)N1CCCc2ccccc21)C(CNCc1ccccc1OC(F)(F)F)N1CCCc2ccccc21. The van der Waals surface area contributed by atoms with Crippen molar-refractivity contribution in [1.82, 2.24) is 10.6 Å². The number of para-hydroxylation sites is 4. The molecule has 2 N–H and O–H groups in total. The van der Waals surface area contributed by atoms with E-state index in [1.807, 2.05) is 48.5 Å². The fraction of sp³-hybridized carbons (Fsp3) is 0.359. The van der Waals surface area contributed by atoms with Gasteiger partial charge in [0.2, 0.25) is 0 Å². The molecule has 4 aromatic carbocycles. The summed E-state index contributed by atoms with van der Waals surface area (Å²) >= 11 is 0. The number of alkyl halides is 6. The van der Waals surface area contributed by atoms with E-state index in [0.29, 0.717) is 13.1 Å². The number of Topliss-reactive ketones (excluding diaryl/α,β-unsaturated/α-hetero) is 1. The quantitative estimate of drug-likeness (QED) is 0.130. The molecular formula is C39H40F6N4O3. The number of nitrogens with one attached hydrogen (secondary N) is 2. The molecule has 0 spiro atoms. The first-order valence-electron chi connectivity index (χ1n) is 17.3. The summed E-state index contributed by atoms with van der Waals surface area (Å²) < 4.78 is 87.6. The van der Waals surface area contributed by atoms with Gasteiger partial charge in [0, 0.05) is 61.8 Å². The predicted octanol–water partition coefficient (Wildman–Crippen LogP) is 7.58. The first kappa shape index (κ1) is 37.0. The zero-order chi connectivity index (χ0) is 36.7. The Balaban J connectivity index is 1.31. The number of aryl methyl sites for hydroxylation is 2. The molecule has 0 amide bonds. The standard InChI is InChI=1S/C39H40F6N4O3/c40-38(41,42)51-35-19-7-3-13-29(35)23-46-25-33(48-21-9-15-27-11-1-5-17-31(27)48)37(50)34(49-22-10-16-28-12-2-6-18-32(28)49)26-47-24-30-14-4-8-20-36(30)52-39(43,44)45/h1-8,11-14,17-20,33-34,46-47H,9-10,15-16,21-26H2. The number of fused-ring (bicyclic) bond motifs is 2. The summed E-state index contributed by atoms with van der Waals surface area (Å²) in [6, 6.07) is 26.0. The van der Waals surface area contributed by atoms with Crippen LogP contribution in [0.4, 0.5) is 37.7 Å². The van der Waals surface area contributed by atoms with Crippen LogP contribution in [0.2, 0.25) is 0 Å². The molecule has 4 aromatic rings. The fourth-order valence-corrected chi connectivity index (χ4v) is 7.16. The molecule has 2 aliphatic rings. The smallest absolute Gasteiger partial charge is 0.405 e. The van der Waals surface area contributed by atoms with E-state index in [-0.39, 0.29) is 54.6 Å². The van der Waals surface area contributed by atoms with Gasteiger partial charge in [0.15, 0.2) is 5.78 Å². The number of carbonyl (C=O) groups excluding carboxylic acids is 1. The van der Waals surface area contributed by atoms with Gasteiger partial charge < -0.3 is 29.9 Å². The highest BCUT2D eigenvalue weighted by molar-refractivity contribution is 5.95. The third-order valence-electron chi connectivity index (χ3n) is 9.40. The molecule has 2 heterocycles. The van der Waals surface area contributed by atoms with Crippen LogP contribution in [0.5, 0.6) is 11.5 Å². The van der Waals surface area contributed by atoms with E-state index in [9.17, 15) is 26.3 Å². The van der Waals surface area contributed by atoms with Crippen molar-refractivity contribution >= 4 is 17.2 Å². The summed E-state index contributed by atoms with van der Waals surface area (Å²) in [5.41, 5.74) is 4.59. The Morgan fingerprint density at radius 1 is 0.596 bits per heavy atom. The predicted molar refractivity (Wildman–Crippen MR) is 186 cm³/mol. The number of rotatable bonds is 14. The van der Waals surface area contributed by atoms with E-state index in [0.717, 1.165) is 48.2 Å². The Labute approximate surface area is 298 Å². The fourth-order valence-electron chi connectivity index (χ4n) is 7.16. The molecule has 0 saturated carbocycles. The zero-order valence-electron chi connectivity index (χ0n) is 28.4. The van der Waals surface area contributed by atoms with Crippen LogP contribution < -0.4 is 29.9 Å². The van der Waals surface area contributed by atoms with E-state index in [2.05, 4.69) is 29.9 Å². The van der Waals surface area contributed by atoms with Gasteiger partial charge >= 0.3 is 12.7 Å². The van der Waals surface area contributed by atoms with E-state index < -0.39 is 24.8 Å². The molecule has 276 valence electrons. The number of nitrogens with zero attached hydrogens (tertiary/aromatic N) is 2. The lowest BCUT2D eigenvalue weighted by Gasteiger charge is -2.42. The minimum atomic E-state index is -4.86. The van der Waals surface area contributed by atoms with Crippen molar-refractivity contribution in [1.29, 1.82) is 0 Å². The zero-order valence-corrected chi connectivity index (χ0v) is 28.4. The summed E-state index contributed by atoms with van der Waals surface area (Å²) in [5.74, 6) is -0.779. The van der Waals surface area contributed by atoms with E-state index in [1.165, 1.54) is 24.3 Å². The molecule has 52 heavy (non-hydrogen) atoms. The summed E-state index contributed by atoms with van der Waals surface area (Å²) in [7, 11) is 0. The molecule has 13 heteroatoms. The molecule has 0 aromatic heterocycles. The van der Waals surface area contributed by atoms with Gasteiger partial charge in [0.25, 0.3) is 0 Å². The third-order valence-corrected chi connectivity index (χ3v) is 9.40. The van der Waals surface area contributed by atoms with Gasteiger partial charge in [-0.05, 0) is 61.1 Å². The second kappa shape index (κ2) is 16.3. The Hall–Kier alpha value is -4.75. The summed E-state index contributed by atoms with van der Waals surface area (Å²) in [6.07, 6.45) is -6.45. The van der Waals surface area contributed by atoms with Crippen LogP contribution in [-0.2, 0) is 30.7 Å². The van der Waals surface area contributed by atoms with Crippen molar-refractivity contribution in [3.63, 3.8) is 0 Å². The third kappa shape index (κ3) is 9.37. The minimum Gasteiger partial charge on any atom is -0.405 e. The van der Waals surface area contributed by atoms with Gasteiger partial charge in [-0.3, -0.25) is 4.79 Å². The normalized spacial score (nSPS) is 15.7. The van der Waals surface area contributed by atoms with Crippen molar-refractivity contribution in [3.8, 4) is 11.5 Å². The maximum Gasteiger partial charge on any atom is 0.573 e. The maximum absolute atomic E-state index is 15.1. The van der Waals surface area contributed by atoms with Crippen molar-refractivity contribution < 1.29 is 40.6 Å². The Morgan fingerprint density at radius 2 is 0.981 bits per heavy atom. The number of halogens is 6. The highest BCUT2D eigenvalue weighted by Gasteiger charge is 2.38. The second-order valence-electron chi connectivity index (χ2n) is 12.9. The van der Waals surface area contributed by atoms with Gasteiger partial charge in [0.1, 0.15) is 23.6 Å². The van der Waals surface area contributed by atoms with Crippen LogP contribution in [-0.4, -0.2) is 56.8 Å². The minimum absolute atomic E-state index is 0.0109. The van der Waals surface area contributed by atoms with Crippen LogP contribution in [0.15, 0.2) is 97.1 Å². The van der Waals surface area contributed by atoms with Gasteiger partial charge in [0.05, 0.1) is 0 Å². The summed E-state index contributed by atoms with van der Waals surface area (Å²) in [5, 5.41) is 6.51. The topological polar surface area (TPSA) is 66.1 Å². The molecule has 2 unspecified atom stereocenters. The number of hydrogen-bond donors (Lipinski definition) is 2. The number of ketones is 1. The molecule has 0 radical (unpaired) electrons. The lowest BCUT2D eigenvalue weighted by atomic mass is 9.93. The number of anilines is 2. The first-order chi connectivity index (χ1) is 25.0. The number of benzene rings is 4. The molecule has 2 atom stereocenters. The van der Waals surface area contributed by atoms with Gasteiger partial charge in [-0.2, -0.15) is 0 Å². The second-order valence-corrected chi connectivity index (χ2v) is 12.9. The average Bonchev–Trinajstić information content (AvgIpc) is 3.11. The highest BCUT2D eigenvalue weighted by Crippen LogP contribution is 2.33. The average molecular weight is 727 g/mol. The molecular weight excluding hydrogens is 686 g/mol. The van der Waals surface area contributed by atoms with Crippen LogP contribution in [0.25, 0.3) is 0 Å². The molecule has 0 fully saturated rings. The van der Waals surface area contributed by atoms with E-state index in [4.69, 9.17) is 0 Å². The summed E-state index contributed by atoms with van der Waals surface area (Å²) in [6.45, 7) is 1.42. The largest absolute Gasteiger partial charge is 0.573 e. The molecule has 0 saturated heterocycles. The van der Waals surface area contributed by atoms with Crippen LogP contribution >= 0.6 is 0 Å². The molecule has 6 rings (SSSR count). The van der Waals surface area contributed by atoms with Gasteiger partial charge in [-0.15, -0.1) is 26.3 Å². The highest BCUT2D eigenvalue weighted by atomic mass is 19.4. The molecule has 0 bridgehead atoms. The number of hydrogen-bond acceptors (Lipinski definition) is 7. The monoisotopic (exact) mass is 726 g/mol. The molecule has 7 nitrogen and oxygen atoms in total. The Bertz CT molecular complexity index is 1690.